The first kappa shape index (κ1) is 21.3. The number of ether oxygens (including phenoxy) is 1. The van der Waals surface area contributed by atoms with E-state index in [0.717, 1.165) is 4.90 Å². The lowest BCUT2D eigenvalue weighted by molar-refractivity contribution is -0.917. The molecule has 2 heterocycles. The van der Waals surface area contributed by atoms with Crippen LogP contribution in [0.5, 0.6) is 5.75 Å². The Morgan fingerprint density at radius 1 is 1.31 bits per heavy atom. The summed E-state index contributed by atoms with van der Waals surface area (Å²) in [5.41, 5.74) is 0. The normalized spacial score (nSPS) is 17.1. The number of rotatable bonds is 7. The van der Waals surface area contributed by atoms with Crippen molar-refractivity contribution >= 4 is 21.7 Å². The van der Waals surface area contributed by atoms with Gasteiger partial charge in [-0.15, -0.1) is 0 Å². The maximum atomic E-state index is 12.9. The van der Waals surface area contributed by atoms with E-state index in [-0.39, 0.29) is 16.8 Å². The minimum absolute atomic E-state index is 0.170. The topological polar surface area (TPSA) is 106 Å². The Labute approximate surface area is 170 Å². The number of nitrogens with one attached hydrogen (secondary N) is 2. The molecule has 1 aliphatic heterocycles. The van der Waals surface area contributed by atoms with Crippen LogP contribution >= 0.6 is 0 Å². The highest BCUT2D eigenvalue weighted by molar-refractivity contribution is 7.89. The van der Waals surface area contributed by atoms with Crippen LogP contribution in [0.3, 0.4) is 0 Å². The highest BCUT2D eigenvalue weighted by Gasteiger charge is 2.34. The zero-order valence-electron chi connectivity index (χ0n) is 16.8. The number of hydrogen-bond donors (Lipinski definition) is 2. The maximum absolute atomic E-state index is 12.9. The Balaban J connectivity index is 1.58. The van der Waals surface area contributed by atoms with Crippen LogP contribution in [0.25, 0.3) is 0 Å². The van der Waals surface area contributed by atoms with Gasteiger partial charge in [0.15, 0.2) is 11.9 Å². The number of quaternary nitrogens is 1. The van der Waals surface area contributed by atoms with Gasteiger partial charge in [0.2, 0.25) is 10.0 Å². The number of benzene rings is 1. The number of amides is 1. The minimum Gasteiger partial charge on any atom is -0.494 e. The van der Waals surface area contributed by atoms with Crippen LogP contribution in [-0.2, 0) is 14.8 Å². The second-order valence-electron chi connectivity index (χ2n) is 7.00. The minimum atomic E-state index is -3.57. The number of aryl methyl sites for hydroxylation is 1. The van der Waals surface area contributed by atoms with Gasteiger partial charge in [-0.3, -0.25) is 4.79 Å². The first-order valence-corrected chi connectivity index (χ1v) is 11.1. The Hall–Kier alpha value is -2.43. The summed E-state index contributed by atoms with van der Waals surface area (Å²) in [5, 5.41) is 6.50. The summed E-state index contributed by atoms with van der Waals surface area (Å²) in [7, 11) is -3.57. The van der Waals surface area contributed by atoms with Gasteiger partial charge in [0, 0.05) is 6.07 Å². The Morgan fingerprint density at radius 2 is 1.97 bits per heavy atom. The average Bonchev–Trinajstić information content (AvgIpc) is 3.12. The lowest BCUT2D eigenvalue weighted by Gasteiger charge is -2.34. The molecule has 1 fully saturated rings. The average molecular weight is 424 g/mol. The van der Waals surface area contributed by atoms with E-state index in [1.807, 2.05) is 13.8 Å². The number of sulfonamides is 1. The molecule has 2 N–H and O–H groups in total. The summed E-state index contributed by atoms with van der Waals surface area (Å²) in [6, 6.07) is 7.78. The second kappa shape index (κ2) is 8.93. The second-order valence-corrected chi connectivity index (χ2v) is 8.94. The molecule has 1 atom stereocenters. The molecule has 0 radical (unpaired) electrons. The summed E-state index contributed by atoms with van der Waals surface area (Å²) in [6.07, 6.45) is 0. The number of piperazine rings is 1. The highest BCUT2D eigenvalue weighted by Crippen LogP contribution is 2.19. The molecule has 0 spiro atoms. The van der Waals surface area contributed by atoms with Crippen LogP contribution in [0.15, 0.2) is 39.8 Å². The molecule has 2 aromatic rings. The van der Waals surface area contributed by atoms with Gasteiger partial charge in [0.25, 0.3) is 5.91 Å². The van der Waals surface area contributed by atoms with Gasteiger partial charge in [-0.05, 0) is 45.0 Å². The highest BCUT2D eigenvalue weighted by atomic mass is 32.2. The molecule has 1 amide bonds. The van der Waals surface area contributed by atoms with Crippen LogP contribution in [0.4, 0.5) is 5.82 Å². The lowest BCUT2D eigenvalue weighted by Crippen LogP contribution is -3.19. The standard InChI is InChI=1S/C19H26N4O5S/c1-4-27-16-5-7-17(8-6-16)29(25,26)23-11-9-22(10-12-23)15(3)19(24)20-18-13-14(2)28-21-18/h5-8,13,15H,4,9-12H2,1-3H3,(H,20,21,24)/p+1/t15-/m1/s1. The van der Waals surface area contributed by atoms with E-state index >= 15 is 0 Å². The monoisotopic (exact) mass is 423 g/mol. The van der Waals surface area contributed by atoms with Crippen LogP contribution < -0.4 is 15.0 Å². The van der Waals surface area contributed by atoms with Gasteiger partial charge in [-0.25, -0.2) is 8.42 Å². The first-order chi connectivity index (χ1) is 13.8. The molecule has 3 rings (SSSR count). The molecule has 1 aliphatic rings. The predicted octanol–water partition coefficient (Wildman–Crippen LogP) is 0.298. The third-order valence-corrected chi connectivity index (χ3v) is 6.93. The van der Waals surface area contributed by atoms with E-state index in [2.05, 4.69) is 10.5 Å². The van der Waals surface area contributed by atoms with Gasteiger partial charge in [0.1, 0.15) is 11.5 Å². The van der Waals surface area contributed by atoms with Crippen molar-refractivity contribution in [2.45, 2.75) is 31.7 Å². The van der Waals surface area contributed by atoms with Crippen molar-refractivity contribution in [1.29, 1.82) is 0 Å². The molecule has 10 heteroatoms. The molecule has 9 nitrogen and oxygen atoms in total. The smallest absolute Gasteiger partial charge is 0.283 e. The molecule has 0 aliphatic carbocycles. The summed E-state index contributed by atoms with van der Waals surface area (Å²) in [5.74, 6) is 1.47. The van der Waals surface area contributed by atoms with Gasteiger partial charge in [-0.1, -0.05) is 5.16 Å². The van der Waals surface area contributed by atoms with Crippen molar-refractivity contribution in [2.24, 2.45) is 0 Å². The summed E-state index contributed by atoms with van der Waals surface area (Å²) in [6.45, 7) is 7.78. The summed E-state index contributed by atoms with van der Waals surface area (Å²) < 4.78 is 37.6. The molecular formula is C19H27N4O5S+. The molecule has 0 unspecified atom stereocenters. The quantitative estimate of drug-likeness (QED) is 0.664. The number of aromatic nitrogens is 1. The van der Waals surface area contributed by atoms with E-state index in [1.54, 1.807) is 37.3 Å². The van der Waals surface area contributed by atoms with Crippen molar-refractivity contribution in [3.63, 3.8) is 0 Å². The number of nitrogens with zero attached hydrogens (tertiary/aromatic N) is 2. The van der Waals surface area contributed by atoms with E-state index in [0.29, 0.717) is 50.1 Å². The first-order valence-electron chi connectivity index (χ1n) is 9.63. The molecule has 0 saturated carbocycles. The van der Waals surface area contributed by atoms with Gasteiger partial charge in [-0.2, -0.15) is 4.31 Å². The Bertz CT molecular complexity index is 934. The number of anilines is 1. The van der Waals surface area contributed by atoms with Crippen molar-refractivity contribution in [1.82, 2.24) is 9.46 Å². The van der Waals surface area contributed by atoms with Gasteiger partial charge >= 0.3 is 0 Å². The van der Waals surface area contributed by atoms with E-state index in [1.165, 1.54) is 4.31 Å². The van der Waals surface area contributed by atoms with Gasteiger partial charge < -0.3 is 19.5 Å². The van der Waals surface area contributed by atoms with Crippen molar-refractivity contribution in [2.75, 3.05) is 38.1 Å². The molecule has 158 valence electrons. The largest absolute Gasteiger partial charge is 0.494 e. The van der Waals surface area contributed by atoms with Crippen molar-refractivity contribution in [3.8, 4) is 5.75 Å². The number of hydrogen-bond acceptors (Lipinski definition) is 6. The molecule has 0 bridgehead atoms. The van der Waals surface area contributed by atoms with Gasteiger partial charge in [0.05, 0.1) is 37.7 Å². The Morgan fingerprint density at radius 3 is 2.52 bits per heavy atom. The SMILES string of the molecule is CCOc1ccc(S(=O)(=O)N2CC[NH+]([C@H](C)C(=O)Nc3cc(C)on3)CC2)cc1. The zero-order chi connectivity index (χ0) is 21.0. The summed E-state index contributed by atoms with van der Waals surface area (Å²) in [4.78, 5) is 13.7. The molecular weight excluding hydrogens is 396 g/mol. The zero-order valence-corrected chi connectivity index (χ0v) is 17.7. The van der Waals surface area contributed by atoms with Crippen LogP contribution in [0, 0.1) is 6.92 Å². The third-order valence-electron chi connectivity index (χ3n) is 5.02. The third kappa shape index (κ3) is 4.95. The fraction of sp³-hybridized carbons (Fsp3) is 0.474. The van der Waals surface area contributed by atoms with E-state index < -0.39 is 10.0 Å². The maximum Gasteiger partial charge on any atom is 0.283 e. The van der Waals surface area contributed by atoms with Crippen molar-refractivity contribution in [3.05, 3.63) is 36.1 Å². The number of carbonyl (C=O) groups excluding carboxylic acids is 1. The molecule has 1 saturated heterocycles. The predicted molar refractivity (Wildman–Crippen MR) is 106 cm³/mol. The Kier molecular flexibility index (Phi) is 6.56. The molecule has 1 aromatic heterocycles. The van der Waals surface area contributed by atoms with Crippen molar-refractivity contribution < 1.29 is 27.4 Å². The molecule has 29 heavy (non-hydrogen) atoms. The molecule has 1 aromatic carbocycles. The van der Waals surface area contributed by atoms with E-state index in [4.69, 9.17) is 9.26 Å². The van der Waals surface area contributed by atoms with Crippen LogP contribution in [0.2, 0.25) is 0 Å². The summed E-state index contributed by atoms with van der Waals surface area (Å²) >= 11 is 0. The lowest BCUT2D eigenvalue weighted by atomic mass is 10.2. The van der Waals surface area contributed by atoms with E-state index in [9.17, 15) is 13.2 Å². The van der Waals surface area contributed by atoms with Crippen LogP contribution in [-0.4, -0.2) is 62.6 Å². The fourth-order valence-corrected chi connectivity index (χ4v) is 4.76. The number of carbonyl (C=O) groups is 1. The van der Waals surface area contributed by atoms with Crippen LogP contribution in [0.1, 0.15) is 19.6 Å². The fourth-order valence-electron chi connectivity index (χ4n) is 3.32.